The van der Waals surface area contributed by atoms with Crippen molar-refractivity contribution in [1.82, 2.24) is 15.2 Å². The number of hydrazone groups is 1. The molecule has 0 radical (unpaired) electrons. The Hall–Kier alpha value is -3.90. The molecule has 0 saturated heterocycles. The standard InChI is InChI=1S/C24H19ClN4O2/c1-31-21-13-9-18(10-14-21)22-15-23(29(28-22)20-5-3-2-4-6-20)24(30)27-26-16-17-7-11-19(25)12-8-17/h2-16H,1H3,(H,27,30)/b26-16+. The van der Waals surface area contributed by atoms with Crippen LogP contribution < -0.4 is 10.2 Å². The van der Waals surface area contributed by atoms with Crippen LogP contribution in [0.4, 0.5) is 0 Å². The van der Waals surface area contributed by atoms with Crippen molar-refractivity contribution in [3.63, 3.8) is 0 Å². The number of nitrogens with one attached hydrogen (secondary N) is 1. The number of hydrogen-bond donors (Lipinski definition) is 1. The normalized spacial score (nSPS) is 10.9. The monoisotopic (exact) mass is 430 g/mol. The quantitative estimate of drug-likeness (QED) is 0.347. The summed E-state index contributed by atoms with van der Waals surface area (Å²) in [6.07, 6.45) is 1.56. The lowest BCUT2D eigenvalue weighted by Gasteiger charge is -2.06. The van der Waals surface area contributed by atoms with E-state index in [1.807, 2.05) is 66.7 Å². The number of para-hydroxylation sites is 1. The van der Waals surface area contributed by atoms with Crippen LogP contribution in [0.15, 0.2) is 90.0 Å². The Kier molecular flexibility index (Phi) is 6.10. The van der Waals surface area contributed by atoms with Crippen LogP contribution in [0.1, 0.15) is 16.1 Å². The van der Waals surface area contributed by atoms with E-state index in [1.165, 1.54) is 0 Å². The number of nitrogens with zero attached hydrogens (tertiary/aromatic N) is 3. The summed E-state index contributed by atoms with van der Waals surface area (Å²) in [5, 5.41) is 9.35. The number of carbonyl (C=O) groups excluding carboxylic acids is 1. The smallest absolute Gasteiger partial charge is 0.290 e. The average Bonchev–Trinajstić information content (AvgIpc) is 3.27. The van der Waals surface area contributed by atoms with Gasteiger partial charge in [0, 0.05) is 10.6 Å². The van der Waals surface area contributed by atoms with Gasteiger partial charge in [-0.15, -0.1) is 0 Å². The summed E-state index contributed by atoms with van der Waals surface area (Å²) in [7, 11) is 1.62. The molecule has 0 aliphatic carbocycles. The van der Waals surface area contributed by atoms with E-state index in [-0.39, 0.29) is 5.91 Å². The summed E-state index contributed by atoms with van der Waals surface area (Å²) >= 11 is 5.89. The first-order chi connectivity index (χ1) is 15.1. The predicted octanol–water partition coefficient (Wildman–Crippen LogP) is 4.97. The van der Waals surface area contributed by atoms with Crippen molar-refractivity contribution >= 4 is 23.7 Å². The number of rotatable bonds is 6. The second-order valence-corrected chi connectivity index (χ2v) is 7.08. The molecular weight excluding hydrogens is 412 g/mol. The molecule has 31 heavy (non-hydrogen) atoms. The van der Waals surface area contributed by atoms with E-state index in [0.717, 1.165) is 22.6 Å². The van der Waals surface area contributed by atoms with Gasteiger partial charge < -0.3 is 4.74 Å². The van der Waals surface area contributed by atoms with Gasteiger partial charge in [-0.25, -0.2) is 10.1 Å². The van der Waals surface area contributed by atoms with Gasteiger partial charge in [-0.3, -0.25) is 4.79 Å². The molecule has 4 aromatic rings. The largest absolute Gasteiger partial charge is 0.497 e. The van der Waals surface area contributed by atoms with Crippen LogP contribution >= 0.6 is 11.6 Å². The van der Waals surface area contributed by atoms with Crippen LogP contribution in [-0.2, 0) is 0 Å². The van der Waals surface area contributed by atoms with Gasteiger partial charge in [0.25, 0.3) is 5.91 Å². The number of amides is 1. The molecule has 0 bridgehead atoms. The minimum atomic E-state index is -0.374. The van der Waals surface area contributed by atoms with E-state index < -0.39 is 0 Å². The van der Waals surface area contributed by atoms with Crippen LogP contribution in [0.2, 0.25) is 5.02 Å². The molecule has 1 amide bonds. The van der Waals surface area contributed by atoms with Gasteiger partial charge in [-0.2, -0.15) is 10.2 Å². The average molecular weight is 431 g/mol. The van der Waals surface area contributed by atoms with Crippen LogP contribution in [0, 0.1) is 0 Å². The SMILES string of the molecule is COc1ccc(-c2cc(C(=O)N/N=C/c3ccc(Cl)cc3)n(-c3ccccc3)n2)cc1. The maximum absolute atomic E-state index is 12.9. The van der Waals surface area contributed by atoms with Crippen LogP contribution in [0.3, 0.4) is 0 Å². The van der Waals surface area contributed by atoms with Crippen molar-refractivity contribution in [3.8, 4) is 22.7 Å². The number of ether oxygens (including phenoxy) is 1. The first-order valence-corrected chi connectivity index (χ1v) is 9.91. The van der Waals surface area contributed by atoms with E-state index in [1.54, 1.807) is 36.2 Å². The highest BCUT2D eigenvalue weighted by molar-refractivity contribution is 6.30. The molecule has 0 fully saturated rings. The van der Waals surface area contributed by atoms with Crippen LogP contribution in [0.25, 0.3) is 16.9 Å². The van der Waals surface area contributed by atoms with Gasteiger partial charge in [0.05, 0.1) is 24.7 Å². The number of carbonyl (C=O) groups is 1. The number of aromatic nitrogens is 2. The van der Waals surface area contributed by atoms with Gasteiger partial charge in [-0.1, -0.05) is 41.9 Å². The van der Waals surface area contributed by atoms with Crippen molar-refractivity contribution in [2.45, 2.75) is 0 Å². The minimum Gasteiger partial charge on any atom is -0.497 e. The zero-order valence-corrected chi connectivity index (χ0v) is 17.5. The van der Waals surface area contributed by atoms with Crippen molar-refractivity contribution < 1.29 is 9.53 Å². The Balaban J connectivity index is 1.63. The highest BCUT2D eigenvalue weighted by Gasteiger charge is 2.17. The lowest BCUT2D eigenvalue weighted by Crippen LogP contribution is -2.21. The van der Waals surface area contributed by atoms with Gasteiger partial charge in [0.1, 0.15) is 11.4 Å². The summed E-state index contributed by atoms with van der Waals surface area (Å²) in [4.78, 5) is 12.9. The van der Waals surface area contributed by atoms with E-state index in [2.05, 4.69) is 15.6 Å². The molecule has 0 aliphatic rings. The topological polar surface area (TPSA) is 68.5 Å². The third-order valence-electron chi connectivity index (χ3n) is 4.58. The molecule has 0 aliphatic heterocycles. The van der Waals surface area contributed by atoms with E-state index in [4.69, 9.17) is 16.3 Å². The summed E-state index contributed by atoms with van der Waals surface area (Å²) in [5.41, 5.74) is 6.06. The molecule has 0 unspecified atom stereocenters. The van der Waals surface area contributed by atoms with Crippen LogP contribution in [0.5, 0.6) is 5.75 Å². The fourth-order valence-corrected chi connectivity index (χ4v) is 3.11. The van der Waals surface area contributed by atoms with Crippen molar-refractivity contribution in [2.75, 3.05) is 7.11 Å². The maximum atomic E-state index is 12.9. The molecule has 7 heteroatoms. The maximum Gasteiger partial charge on any atom is 0.290 e. The lowest BCUT2D eigenvalue weighted by molar-refractivity contribution is 0.0947. The zero-order chi connectivity index (χ0) is 21.6. The molecule has 154 valence electrons. The molecule has 0 spiro atoms. The van der Waals surface area contributed by atoms with Crippen molar-refractivity contribution in [2.24, 2.45) is 5.10 Å². The predicted molar refractivity (Wildman–Crippen MR) is 122 cm³/mol. The molecule has 1 N–H and O–H groups in total. The van der Waals surface area contributed by atoms with Gasteiger partial charge in [-0.05, 0) is 60.2 Å². The fourth-order valence-electron chi connectivity index (χ4n) is 2.98. The number of methoxy groups -OCH3 is 1. The number of benzene rings is 3. The van der Waals surface area contributed by atoms with Crippen molar-refractivity contribution in [1.29, 1.82) is 0 Å². The highest BCUT2D eigenvalue weighted by atomic mass is 35.5. The molecule has 0 atom stereocenters. The third kappa shape index (κ3) is 4.82. The summed E-state index contributed by atoms with van der Waals surface area (Å²) < 4.78 is 6.82. The minimum absolute atomic E-state index is 0.366. The second kappa shape index (κ2) is 9.28. The second-order valence-electron chi connectivity index (χ2n) is 6.64. The Morgan fingerprint density at radius 3 is 2.42 bits per heavy atom. The van der Waals surface area contributed by atoms with E-state index in [9.17, 15) is 4.79 Å². The Morgan fingerprint density at radius 1 is 1.03 bits per heavy atom. The Bertz CT molecular complexity index is 1200. The highest BCUT2D eigenvalue weighted by Crippen LogP contribution is 2.24. The van der Waals surface area contributed by atoms with Crippen molar-refractivity contribution in [3.05, 3.63) is 101 Å². The third-order valence-corrected chi connectivity index (χ3v) is 4.83. The molecule has 4 rings (SSSR count). The molecule has 0 saturated carbocycles. The van der Waals surface area contributed by atoms with E-state index >= 15 is 0 Å². The van der Waals surface area contributed by atoms with Gasteiger partial charge in [0.15, 0.2) is 0 Å². The Labute approximate surface area is 184 Å². The molecular formula is C24H19ClN4O2. The summed E-state index contributed by atoms with van der Waals surface area (Å²) in [6, 6.07) is 25.9. The summed E-state index contributed by atoms with van der Waals surface area (Å²) in [5.74, 6) is 0.377. The first-order valence-electron chi connectivity index (χ1n) is 9.53. The fraction of sp³-hybridized carbons (Fsp3) is 0.0417. The first kappa shape index (κ1) is 20.4. The van der Waals surface area contributed by atoms with Gasteiger partial charge >= 0.3 is 0 Å². The molecule has 3 aromatic carbocycles. The molecule has 6 nitrogen and oxygen atoms in total. The molecule has 1 heterocycles. The number of halogens is 1. The van der Waals surface area contributed by atoms with E-state index in [0.29, 0.717) is 16.4 Å². The van der Waals surface area contributed by atoms with Gasteiger partial charge in [0.2, 0.25) is 0 Å². The molecule has 1 aromatic heterocycles. The summed E-state index contributed by atoms with van der Waals surface area (Å²) in [6.45, 7) is 0. The lowest BCUT2D eigenvalue weighted by atomic mass is 10.1. The Morgan fingerprint density at radius 2 is 1.74 bits per heavy atom. The zero-order valence-electron chi connectivity index (χ0n) is 16.7. The van der Waals surface area contributed by atoms with Crippen LogP contribution in [-0.4, -0.2) is 29.0 Å². The number of hydrogen-bond acceptors (Lipinski definition) is 4.